The second-order valence-corrected chi connectivity index (χ2v) is 9.16. The van der Waals surface area contributed by atoms with E-state index in [4.69, 9.17) is 20.7 Å². The molecule has 0 spiro atoms. The summed E-state index contributed by atoms with van der Waals surface area (Å²) in [5.41, 5.74) is 11.3. The molecule has 1 saturated heterocycles. The van der Waals surface area contributed by atoms with E-state index >= 15 is 0 Å². The first-order valence-electron chi connectivity index (χ1n) is 10.7. The fourth-order valence-corrected chi connectivity index (χ4v) is 5.16. The van der Waals surface area contributed by atoms with Gasteiger partial charge in [0, 0.05) is 49.1 Å². The summed E-state index contributed by atoms with van der Waals surface area (Å²) in [4.78, 5) is 22.1. The van der Waals surface area contributed by atoms with Gasteiger partial charge in [0.1, 0.15) is 5.82 Å². The molecule has 0 saturated carbocycles. The molecule has 5 aliphatic rings. The van der Waals surface area contributed by atoms with Gasteiger partial charge in [-0.3, -0.25) is 10.2 Å². The lowest BCUT2D eigenvalue weighted by Gasteiger charge is -2.25. The molecule has 1 aliphatic carbocycles. The van der Waals surface area contributed by atoms with Gasteiger partial charge in [-0.05, 0) is 42.5 Å². The zero-order valence-electron chi connectivity index (χ0n) is 17.9. The summed E-state index contributed by atoms with van der Waals surface area (Å²) in [7, 11) is 1.77. The Bertz CT molecular complexity index is 1300. The maximum atomic E-state index is 10.2. The number of anilines is 1. The molecule has 0 unspecified atom stereocenters. The highest BCUT2D eigenvalue weighted by molar-refractivity contribution is 8.03. The summed E-state index contributed by atoms with van der Waals surface area (Å²) in [5, 5.41) is 15.1. The van der Waals surface area contributed by atoms with Crippen LogP contribution in [-0.4, -0.2) is 57.8 Å². The fraction of sp³-hybridized carbons (Fsp3) is 0.217. The van der Waals surface area contributed by atoms with Crippen LogP contribution in [0, 0.1) is 0 Å². The number of fused-ring (bicyclic) bond motifs is 4. The van der Waals surface area contributed by atoms with E-state index < -0.39 is 0 Å². The smallest absolute Gasteiger partial charge is 0.196 e. The summed E-state index contributed by atoms with van der Waals surface area (Å²) in [6.45, 7) is 1.59. The quantitative estimate of drug-likeness (QED) is 0.468. The highest BCUT2D eigenvalue weighted by Gasteiger charge is 2.34. The van der Waals surface area contributed by atoms with Gasteiger partial charge in [-0.15, -0.1) is 0 Å². The largest absolute Gasteiger partial charge is 0.359 e. The van der Waals surface area contributed by atoms with Crippen molar-refractivity contribution < 1.29 is 5.21 Å². The first-order valence-corrected chi connectivity index (χ1v) is 11.5. The first kappa shape index (κ1) is 20.2. The summed E-state index contributed by atoms with van der Waals surface area (Å²) < 4.78 is 0. The molecule has 166 valence electrons. The third-order valence-corrected chi connectivity index (χ3v) is 6.82. The van der Waals surface area contributed by atoms with Crippen molar-refractivity contribution in [3.05, 3.63) is 70.7 Å². The lowest BCUT2D eigenvalue weighted by Crippen LogP contribution is -2.28. The van der Waals surface area contributed by atoms with Gasteiger partial charge in [-0.1, -0.05) is 12.2 Å². The van der Waals surface area contributed by atoms with Crippen molar-refractivity contribution in [3.63, 3.8) is 0 Å². The van der Waals surface area contributed by atoms with Crippen molar-refractivity contribution in [2.24, 2.45) is 15.7 Å². The molecule has 4 aliphatic heterocycles. The van der Waals surface area contributed by atoms with Crippen LogP contribution in [0.3, 0.4) is 0 Å². The summed E-state index contributed by atoms with van der Waals surface area (Å²) in [6.07, 6.45) is 16.0. The van der Waals surface area contributed by atoms with Gasteiger partial charge in [0.2, 0.25) is 0 Å². The number of hydroxylamine groups is 2. The van der Waals surface area contributed by atoms with Crippen LogP contribution in [0.15, 0.2) is 80.3 Å². The predicted octanol–water partition coefficient (Wildman–Crippen LogP) is 2.65. The average molecular weight is 459 g/mol. The molecule has 6 rings (SSSR count). The van der Waals surface area contributed by atoms with Crippen molar-refractivity contribution in [2.75, 3.05) is 25.0 Å². The van der Waals surface area contributed by atoms with E-state index in [0.717, 1.165) is 63.6 Å². The van der Waals surface area contributed by atoms with Crippen LogP contribution in [0.25, 0.3) is 5.57 Å². The molecule has 0 amide bonds. The molecule has 0 radical (unpaired) electrons. The lowest BCUT2D eigenvalue weighted by atomic mass is 9.97. The Kier molecular flexibility index (Phi) is 4.79. The van der Waals surface area contributed by atoms with E-state index in [2.05, 4.69) is 15.2 Å². The van der Waals surface area contributed by atoms with Crippen LogP contribution in [0.2, 0.25) is 0 Å². The number of nitrogens with two attached hydrogens (primary N) is 1. The Balaban J connectivity index is 1.40. The van der Waals surface area contributed by atoms with Crippen LogP contribution in [-0.2, 0) is 0 Å². The summed E-state index contributed by atoms with van der Waals surface area (Å²) >= 11 is 1.42. The fourth-order valence-electron chi connectivity index (χ4n) is 4.40. The third kappa shape index (κ3) is 3.43. The number of hydrogen-bond donors (Lipinski definition) is 3. The van der Waals surface area contributed by atoms with Crippen LogP contribution in [0.5, 0.6) is 0 Å². The molecule has 4 N–H and O–H groups in total. The zero-order chi connectivity index (χ0) is 22.5. The second-order valence-electron chi connectivity index (χ2n) is 8.12. The van der Waals surface area contributed by atoms with E-state index in [9.17, 15) is 5.21 Å². The number of allylic oxidation sites excluding steroid dienone is 7. The minimum atomic E-state index is 0.122. The number of hydrogen-bond acceptors (Lipinski definition) is 10. The molecule has 9 nitrogen and oxygen atoms in total. The molecule has 1 atom stereocenters. The van der Waals surface area contributed by atoms with E-state index in [1.807, 2.05) is 36.6 Å². The number of nitrogens with one attached hydrogen (secondary N) is 1. The Labute approximate surface area is 195 Å². The van der Waals surface area contributed by atoms with Crippen molar-refractivity contribution >= 4 is 40.4 Å². The maximum Gasteiger partial charge on any atom is 0.196 e. The van der Waals surface area contributed by atoms with Gasteiger partial charge >= 0.3 is 0 Å². The van der Waals surface area contributed by atoms with Crippen LogP contribution < -0.4 is 16.0 Å². The Morgan fingerprint density at radius 2 is 2.18 bits per heavy atom. The molecule has 1 aromatic rings. The molecule has 1 aromatic heterocycles. The molecular weight excluding hydrogens is 436 g/mol. The van der Waals surface area contributed by atoms with Crippen molar-refractivity contribution in [2.45, 2.75) is 17.6 Å². The molecule has 0 aromatic carbocycles. The van der Waals surface area contributed by atoms with Gasteiger partial charge < -0.3 is 16.0 Å². The van der Waals surface area contributed by atoms with Crippen molar-refractivity contribution in [3.8, 4) is 0 Å². The maximum absolute atomic E-state index is 10.2. The molecule has 0 bridgehead atoms. The number of thioether (sulfide) groups is 1. The molecule has 33 heavy (non-hydrogen) atoms. The predicted molar refractivity (Wildman–Crippen MR) is 130 cm³/mol. The Hall–Kier alpha value is -3.47. The average Bonchev–Trinajstić information content (AvgIpc) is 3.42. The molecular formula is C23H22N8OS. The second kappa shape index (κ2) is 7.84. The molecule has 5 heterocycles. The highest BCUT2D eigenvalue weighted by atomic mass is 32.2. The van der Waals surface area contributed by atoms with Gasteiger partial charge in [0.15, 0.2) is 11.0 Å². The number of nitrogens with zero attached hydrogens (tertiary/aromatic N) is 6. The molecule has 1 fully saturated rings. The Morgan fingerprint density at radius 1 is 1.27 bits per heavy atom. The standard InChI is InChI=1S/C23H22N8OS/c1-25-17-5-2-4-15-19-21(27-20(15)17)28-23(29-22(19)30-9-7-13(24)12-30)33-14-10-18-16(26-11-14)6-3-8-31(18)32/h2-6,8,10-11,13,26,32H,7,9,12,24H2,1H3/t13-/m0/s1. The lowest BCUT2D eigenvalue weighted by molar-refractivity contribution is -0.00288. The minimum Gasteiger partial charge on any atom is -0.359 e. The summed E-state index contributed by atoms with van der Waals surface area (Å²) in [5.74, 6) is 1.50. The zero-order valence-corrected chi connectivity index (χ0v) is 18.8. The number of dihydropyridines is 1. The summed E-state index contributed by atoms with van der Waals surface area (Å²) in [6, 6.07) is 0.122. The van der Waals surface area contributed by atoms with Gasteiger partial charge in [0.25, 0.3) is 0 Å². The van der Waals surface area contributed by atoms with Crippen LogP contribution in [0.4, 0.5) is 11.6 Å². The van der Waals surface area contributed by atoms with Gasteiger partial charge in [-0.25, -0.2) is 20.0 Å². The molecule has 10 heteroatoms. The van der Waals surface area contributed by atoms with Crippen molar-refractivity contribution in [1.29, 1.82) is 0 Å². The number of aromatic nitrogens is 2. The van der Waals surface area contributed by atoms with E-state index in [1.54, 1.807) is 19.3 Å². The van der Waals surface area contributed by atoms with Crippen LogP contribution >= 0.6 is 11.8 Å². The van der Waals surface area contributed by atoms with Crippen LogP contribution in [0.1, 0.15) is 12.0 Å². The van der Waals surface area contributed by atoms with Gasteiger partial charge in [0.05, 0.1) is 28.4 Å². The van der Waals surface area contributed by atoms with E-state index in [1.165, 1.54) is 11.8 Å². The number of rotatable bonds is 3. The van der Waals surface area contributed by atoms with E-state index in [-0.39, 0.29) is 6.04 Å². The normalized spacial score (nSPS) is 23.9. The van der Waals surface area contributed by atoms with Gasteiger partial charge in [-0.2, -0.15) is 0 Å². The van der Waals surface area contributed by atoms with Crippen molar-refractivity contribution in [1.82, 2.24) is 20.3 Å². The number of aliphatic imine (C=N–C) groups is 2. The highest BCUT2D eigenvalue weighted by Crippen LogP contribution is 2.43. The monoisotopic (exact) mass is 458 g/mol. The first-order chi connectivity index (χ1) is 16.1. The van der Waals surface area contributed by atoms with E-state index in [0.29, 0.717) is 16.7 Å². The third-order valence-electron chi connectivity index (χ3n) is 5.99. The minimum absolute atomic E-state index is 0.122. The Morgan fingerprint density at radius 3 is 3.00 bits per heavy atom. The SMILES string of the molecule is CN=C1C=CC=C2C1=Nc1nc(SC3=CNC4=CC=CN(O)C4=C3)nc(N3CC[C@H](N)C3)c12. The topological polar surface area (TPSA) is 115 Å².